The third-order valence-corrected chi connectivity index (χ3v) is 10.1. The van der Waals surface area contributed by atoms with Gasteiger partial charge in [-0.05, 0) is 74.9 Å². The summed E-state index contributed by atoms with van der Waals surface area (Å²) >= 11 is 0. The van der Waals surface area contributed by atoms with E-state index in [2.05, 4.69) is 51.9 Å². The predicted octanol–water partition coefficient (Wildman–Crippen LogP) is 3.40. The molecule has 16 heteroatoms. The Bertz CT molecular complexity index is 1940. The van der Waals surface area contributed by atoms with Crippen molar-refractivity contribution in [1.29, 1.82) is 0 Å². The summed E-state index contributed by atoms with van der Waals surface area (Å²) in [4.78, 5) is 69.3. The van der Waals surface area contributed by atoms with E-state index in [4.69, 9.17) is 0 Å². The minimum absolute atomic E-state index is 0.329. The number of nitrogens with zero attached hydrogens (tertiary/aromatic N) is 4. The van der Waals surface area contributed by atoms with Crippen molar-refractivity contribution in [2.24, 2.45) is 0 Å². The summed E-state index contributed by atoms with van der Waals surface area (Å²) in [7, 11) is 2.40. The van der Waals surface area contributed by atoms with Crippen LogP contribution in [0.5, 0.6) is 0 Å². The predicted molar refractivity (Wildman–Crippen MR) is 203 cm³/mol. The lowest BCUT2D eigenvalue weighted by atomic mass is 10.1. The second-order valence-electron chi connectivity index (χ2n) is 13.9. The van der Waals surface area contributed by atoms with Gasteiger partial charge in [-0.1, -0.05) is 36.1 Å². The molecular weight excluding hydrogens is 720 g/mol. The number of ether oxygens (including phenoxy) is 2. The van der Waals surface area contributed by atoms with Crippen molar-refractivity contribution in [2.75, 3.05) is 27.3 Å². The summed E-state index contributed by atoms with van der Waals surface area (Å²) in [5.74, 6) is 6.85. The summed E-state index contributed by atoms with van der Waals surface area (Å²) in [5, 5.41) is 25.2. The minimum Gasteiger partial charge on any atom is -0.453 e. The number of amides is 4. The van der Waals surface area contributed by atoms with Gasteiger partial charge >= 0.3 is 12.2 Å². The Labute approximate surface area is 324 Å². The number of imidazole rings is 2. The molecule has 2 fully saturated rings. The number of likely N-dealkylation sites (tertiary alicyclic amines) is 2. The van der Waals surface area contributed by atoms with Crippen LogP contribution < -0.4 is 10.6 Å². The van der Waals surface area contributed by atoms with Crippen molar-refractivity contribution in [3.8, 4) is 34.4 Å². The smallest absolute Gasteiger partial charge is 0.407 e. The van der Waals surface area contributed by atoms with Gasteiger partial charge in [0.15, 0.2) is 0 Å². The van der Waals surface area contributed by atoms with Crippen LogP contribution in [0.4, 0.5) is 9.59 Å². The van der Waals surface area contributed by atoms with Crippen LogP contribution in [0.1, 0.15) is 74.4 Å². The number of H-pyrrole nitrogens is 2. The first kappa shape index (κ1) is 39.5. The van der Waals surface area contributed by atoms with Crippen molar-refractivity contribution < 1.29 is 38.9 Å². The van der Waals surface area contributed by atoms with Gasteiger partial charge in [0.1, 0.15) is 23.7 Å². The summed E-state index contributed by atoms with van der Waals surface area (Å²) in [6, 6.07) is 12.5. The summed E-state index contributed by atoms with van der Waals surface area (Å²) < 4.78 is 9.26. The molecule has 6 rings (SSSR count). The standard InChI is InChI=1S/C40H46N8O8/c1-23(49)33(45-39(53)55-3)37(51)47-19-5-7-31(47)35-41-21-29(43-35)27-15-11-25(12-16-27)9-10-26-13-17-28(18-14-26)30-22-42-36(44-30)32-8-6-20-48(32)38(52)34(24(2)50)46-40(54)56-4/h11-18,21-24,31-34,49-50H,5-8,19-20H2,1-4H3,(H,41,43)(H,42,44)(H,45,53)(H,46,54)/t23-,24-,31-,32-,33+,34+/m0/s1. The fraction of sp³-hybridized carbons (Fsp3) is 0.400. The van der Waals surface area contributed by atoms with Crippen LogP contribution in [0.2, 0.25) is 0 Å². The van der Waals surface area contributed by atoms with E-state index in [1.165, 1.54) is 28.1 Å². The van der Waals surface area contributed by atoms with Gasteiger partial charge in [-0.15, -0.1) is 0 Å². The number of rotatable bonds is 10. The number of aromatic amines is 2. The van der Waals surface area contributed by atoms with Crippen LogP contribution in [0.15, 0.2) is 60.9 Å². The SMILES string of the molecule is COC(=O)N[C@@H](C(=O)N1CCC[C@H]1c1ncc(-c2ccc(C#Cc3ccc(-c4cnc([C@@H]5CCCN5C(=O)[C@H](NC(=O)OC)[C@H](C)O)[nH]4)cc3)cc2)[nH]1)[C@H](C)O. The van der Waals surface area contributed by atoms with Crippen LogP contribution in [0, 0.1) is 11.8 Å². The quantitative estimate of drug-likeness (QED) is 0.129. The Hall–Kier alpha value is -6.18. The molecule has 294 valence electrons. The number of carbonyl (C=O) groups is 4. The largest absolute Gasteiger partial charge is 0.453 e. The number of hydrogen-bond donors (Lipinski definition) is 6. The Morgan fingerprint density at radius 2 is 1.07 bits per heavy atom. The van der Waals surface area contributed by atoms with Gasteiger partial charge in [0, 0.05) is 24.2 Å². The van der Waals surface area contributed by atoms with E-state index in [1.54, 1.807) is 22.2 Å². The van der Waals surface area contributed by atoms with E-state index in [-0.39, 0.29) is 12.1 Å². The molecule has 0 saturated carbocycles. The molecule has 56 heavy (non-hydrogen) atoms. The number of alkyl carbamates (subject to hydrolysis) is 2. The van der Waals surface area contributed by atoms with Crippen molar-refractivity contribution in [2.45, 2.75) is 75.9 Å². The lowest BCUT2D eigenvalue weighted by molar-refractivity contribution is -0.137. The van der Waals surface area contributed by atoms with Gasteiger partial charge in [0.05, 0.1) is 62.3 Å². The van der Waals surface area contributed by atoms with Crippen LogP contribution in [-0.2, 0) is 19.1 Å². The van der Waals surface area contributed by atoms with E-state index in [9.17, 15) is 29.4 Å². The fourth-order valence-electron chi connectivity index (χ4n) is 7.05. The molecule has 4 heterocycles. The van der Waals surface area contributed by atoms with E-state index < -0.39 is 48.3 Å². The van der Waals surface area contributed by atoms with Crippen molar-refractivity contribution in [3.05, 3.63) is 83.7 Å². The monoisotopic (exact) mass is 766 g/mol. The molecule has 0 radical (unpaired) electrons. The number of aliphatic hydroxyl groups excluding tert-OH is 2. The number of hydrogen-bond acceptors (Lipinski definition) is 10. The van der Waals surface area contributed by atoms with Gasteiger partial charge < -0.3 is 50.1 Å². The zero-order valence-electron chi connectivity index (χ0n) is 31.6. The number of aliphatic hydroxyl groups is 2. The van der Waals surface area contributed by atoms with E-state index in [0.29, 0.717) is 37.6 Å². The summed E-state index contributed by atoms with van der Waals surface area (Å²) in [6.45, 7) is 3.84. The molecule has 16 nitrogen and oxygen atoms in total. The maximum atomic E-state index is 13.3. The Morgan fingerprint density at radius 1 is 0.696 bits per heavy atom. The average Bonchev–Trinajstić information content (AvgIpc) is 4.04. The molecule has 6 N–H and O–H groups in total. The maximum absolute atomic E-state index is 13.3. The lowest BCUT2D eigenvalue weighted by Crippen LogP contribution is -2.53. The Morgan fingerprint density at radius 3 is 1.41 bits per heavy atom. The molecule has 0 unspecified atom stereocenters. The molecule has 2 aliphatic rings. The molecule has 0 aliphatic carbocycles. The minimum atomic E-state index is -1.14. The number of carbonyl (C=O) groups excluding carboxylic acids is 4. The number of benzene rings is 2. The topological polar surface area (TPSA) is 215 Å². The van der Waals surface area contributed by atoms with Crippen molar-refractivity contribution in [3.63, 3.8) is 0 Å². The third-order valence-electron chi connectivity index (χ3n) is 10.1. The Kier molecular flexibility index (Phi) is 12.4. The van der Waals surface area contributed by atoms with Gasteiger partial charge in [-0.2, -0.15) is 0 Å². The van der Waals surface area contributed by atoms with Gasteiger partial charge in [0.25, 0.3) is 0 Å². The summed E-state index contributed by atoms with van der Waals surface area (Å²) in [6.07, 6.45) is 2.53. The zero-order valence-corrected chi connectivity index (χ0v) is 31.6. The molecule has 2 aromatic heterocycles. The highest BCUT2D eigenvalue weighted by Gasteiger charge is 2.39. The van der Waals surface area contributed by atoms with Crippen molar-refractivity contribution in [1.82, 2.24) is 40.4 Å². The first-order chi connectivity index (χ1) is 27.0. The number of methoxy groups -OCH3 is 2. The van der Waals surface area contributed by atoms with E-state index in [1.807, 2.05) is 48.5 Å². The maximum Gasteiger partial charge on any atom is 0.407 e. The first-order valence-electron chi connectivity index (χ1n) is 18.5. The average molecular weight is 767 g/mol. The third kappa shape index (κ3) is 8.85. The number of aromatic nitrogens is 4. The van der Waals surface area contributed by atoms with Crippen LogP contribution in [-0.4, -0.2) is 116 Å². The van der Waals surface area contributed by atoms with Crippen LogP contribution >= 0.6 is 0 Å². The summed E-state index contributed by atoms with van der Waals surface area (Å²) in [5.41, 5.74) is 4.99. The van der Waals surface area contributed by atoms with Gasteiger partial charge in [-0.25, -0.2) is 19.6 Å². The van der Waals surface area contributed by atoms with Gasteiger partial charge in [0.2, 0.25) is 11.8 Å². The molecule has 2 saturated heterocycles. The highest BCUT2D eigenvalue weighted by atomic mass is 16.5. The molecule has 2 aromatic carbocycles. The highest BCUT2D eigenvalue weighted by molar-refractivity contribution is 5.87. The molecule has 6 atom stereocenters. The molecule has 2 aliphatic heterocycles. The zero-order chi connectivity index (χ0) is 39.9. The molecule has 4 aromatic rings. The van der Waals surface area contributed by atoms with Gasteiger partial charge in [-0.3, -0.25) is 9.59 Å². The molecule has 4 amide bonds. The second kappa shape index (κ2) is 17.5. The molecule has 0 bridgehead atoms. The van der Waals surface area contributed by atoms with E-state index >= 15 is 0 Å². The normalized spacial score (nSPS) is 18.6. The fourth-order valence-corrected chi connectivity index (χ4v) is 7.05. The second-order valence-corrected chi connectivity index (χ2v) is 13.9. The first-order valence-corrected chi connectivity index (χ1v) is 18.5. The van der Waals surface area contributed by atoms with Crippen LogP contribution in [0.3, 0.4) is 0 Å². The highest BCUT2D eigenvalue weighted by Crippen LogP contribution is 2.34. The van der Waals surface area contributed by atoms with Crippen molar-refractivity contribution >= 4 is 24.0 Å². The van der Waals surface area contributed by atoms with E-state index in [0.717, 1.165) is 46.5 Å². The molecule has 0 spiro atoms. The molecular formula is C40H46N8O8. The van der Waals surface area contributed by atoms with Crippen LogP contribution in [0.25, 0.3) is 22.5 Å². The number of nitrogens with one attached hydrogen (secondary N) is 4. The lowest BCUT2D eigenvalue weighted by Gasteiger charge is -2.29. The Balaban J connectivity index is 1.08.